The number of sulfonamides is 1. The second-order valence-corrected chi connectivity index (χ2v) is 9.06. The lowest BCUT2D eigenvalue weighted by molar-refractivity contribution is -0.133. The first-order valence-corrected chi connectivity index (χ1v) is 10.8. The fourth-order valence-corrected chi connectivity index (χ4v) is 5.12. The molecule has 26 heavy (non-hydrogen) atoms. The number of ether oxygens (including phenoxy) is 1. The molecule has 1 unspecified atom stereocenters. The highest BCUT2D eigenvalue weighted by Gasteiger charge is 2.39. The van der Waals surface area contributed by atoms with Gasteiger partial charge in [0.25, 0.3) is 0 Å². The van der Waals surface area contributed by atoms with E-state index in [4.69, 9.17) is 4.74 Å². The van der Waals surface area contributed by atoms with Crippen molar-refractivity contribution in [3.8, 4) is 5.75 Å². The monoisotopic (exact) mass is 382 g/mol. The van der Waals surface area contributed by atoms with E-state index in [9.17, 15) is 13.2 Å². The normalized spacial score (nSPS) is 18.1. The molecule has 0 aromatic heterocycles. The van der Waals surface area contributed by atoms with Gasteiger partial charge in [-0.3, -0.25) is 4.79 Å². The van der Waals surface area contributed by atoms with Crippen LogP contribution in [0.15, 0.2) is 18.2 Å². The van der Waals surface area contributed by atoms with Crippen molar-refractivity contribution < 1.29 is 17.9 Å². The first kappa shape index (κ1) is 20.7. The SMILES string of the molecule is CCCS(=O)(=O)N1CCCC1C(=O)N(C)CCOc1cc(C)cc(C)c1. The van der Waals surface area contributed by atoms with E-state index < -0.39 is 16.1 Å². The molecule has 0 radical (unpaired) electrons. The summed E-state index contributed by atoms with van der Waals surface area (Å²) in [6, 6.07) is 5.43. The molecule has 2 rings (SSSR count). The summed E-state index contributed by atoms with van der Waals surface area (Å²) in [5.41, 5.74) is 2.26. The zero-order valence-electron chi connectivity index (χ0n) is 16.2. The van der Waals surface area contributed by atoms with Crippen LogP contribution in [0, 0.1) is 13.8 Å². The lowest BCUT2D eigenvalue weighted by Gasteiger charge is -2.27. The molecule has 1 amide bonds. The van der Waals surface area contributed by atoms with Gasteiger partial charge in [-0.1, -0.05) is 13.0 Å². The van der Waals surface area contributed by atoms with Crippen molar-refractivity contribution in [1.29, 1.82) is 0 Å². The first-order chi connectivity index (χ1) is 12.2. The Morgan fingerprint density at radius 3 is 2.54 bits per heavy atom. The summed E-state index contributed by atoms with van der Waals surface area (Å²) in [6.07, 6.45) is 1.87. The summed E-state index contributed by atoms with van der Waals surface area (Å²) in [4.78, 5) is 14.3. The predicted molar refractivity (Wildman–Crippen MR) is 103 cm³/mol. The van der Waals surface area contributed by atoms with Crippen molar-refractivity contribution in [2.45, 2.75) is 46.1 Å². The third-order valence-corrected chi connectivity index (χ3v) is 6.65. The van der Waals surface area contributed by atoms with Crippen LogP contribution in [-0.2, 0) is 14.8 Å². The highest BCUT2D eigenvalue weighted by atomic mass is 32.2. The van der Waals surface area contributed by atoms with Gasteiger partial charge in [0, 0.05) is 13.6 Å². The van der Waals surface area contributed by atoms with Gasteiger partial charge in [-0.25, -0.2) is 8.42 Å². The molecular weight excluding hydrogens is 352 g/mol. The van der Waals surface area contributed by atoms with Crippen molar-refractivity contribution in [3.05, 3.63) is 29.3 Å². The third kappa shape index (κ3) is 5.20. The Kier molecular flexibility index (Phi) is 7.06. The number of hydrogen-bond acceptors (Lipinski definition) is 4. The zero-order valence-corrected chi connectivity index (χ0v) is 17.0. The number of nitrogens with zero attached hydrogens (tertiary/aromatic N) is 2. The van der Waals surface area contributed by atoms with E-state index in [0.29, 0.717) is 32.5 Å². The maximum Gasteiger partial charge on any atom is 0.240 e. The number of likely N-dealkylation sites (N-methyl/N-ethyl adjacent to an activating group) is 1. The predicted octanol–water partition coefficient (Wildman–Crippen LogP) is 2.34. The van der Waals surface area contributed by atoms with Crippen molar-refractivity contribution >= 4 is 15.9 Å². The van der Waals surface area contributed by atoms with Crippen LogP contribution >= 0.6 is 0 Å². The smallest absolute Gasteiger partial charge is 0.240 e. The van der Waals surface area contributed by atoms with Gasteiger partial charge in [0.1, 0.15) is 18.4 Å². The molecule has 7 heteroatoms. The van der Waals surface area contributed by atoms with E-state index in [2.05, 4.69) is 6.07 Å². The number of aryl methyl sites for hydroxylation is 2. The summed E-state index contributed by atoms with van der Waals surface area (Å²) < 4.78 is 31.9. The maximum absolute atomic E-state index is 12.7. The molecule has 1 aromatic carbocycles. The van der Waals surface area contributed by atoms with E-state index in [1.54, 1.807) is 11.9 Å². The molecule has 1 saturated heterocycles. The number of carbonyl (C=O) groups is 1. The van der Waals surface area contributed by atoms with Gasteiger partial charge in [0.15, 0.2) is 0 Å². The van der Waals surface area contributed by atoms with Gasteiger partial charge in [-0.2, -0.15) is 4.31 Å². The number of amides is 1. The van der Waals surface area contributed by atoms with Gasteiger partial charge in [0.2, 0.25) is 15.9 Å². The van der Waals surface area contributed by atoms with Crippen molar-refractivity contribution in [3.63, 3.8) is 0 Å². The van der Waals surface area contributed by atoms with E-state index in [1.807, 2.05) is 32.9 Å². The van der Waals surface area contributed by atoms with Gasteiger partial charge < -0.3 is 9.64 Å². The minimum Gasteiger partial charge on any atom is -0.492 e. The Morgan fingerprint density at radius 1 is 1.27 bits per heavy atom. The summed E-state index contributed by atoms with van der Waals surface area (Å²) in [6.45, 7) is 7.10. The molecule has 1 aliphatic heterocycles. The number of carbonyl (C=O) groups excluding carboxylic acids is 1. The van der Waals surface area contributed by atoms with Crippen LogP contribution in [0.3, 0.4) is 0 Å². The standard InChI is InChI=1S/C19H30N2O4S/c1-5-11-26(23,24)21-8-6-7-18(21)19(22)20(4)9-10-25-17-13-15(2)12-16(3)14-17/h12-14,18H,5-11H2,1-4H3. The Bertz CT molecular complexity index is 713. The molecule has 0 aliphatic carbocycles. The lowest BCUT2D eigenvalue weighted by Crippen LogP contribution is -2.47. The van der Waals surface area contributed by atoms with E-state index in [0.717, 1.165) is 23.3 Å². The molecule has 0 bridgehead atoms. The van der Waals surface area contributed by atoms with Gasteiger partial charge in [0.05, 0.1) is 12.3 Å². The molecule has 1 aliphatic rings. The summed E-state index contributed by atoms with van der Waals surface area (Å²) in [5.74, 6) is 0.735. The number of benzene rings is 1. The van der Waals surface area contributed by atoms with E-state index >= 15 is 0 Å². The average molecular weight is 383 g/mol. The van der Waals surface area contributed by atoms with E-state index in [-0.39, 0.29) is 11.7 Å². The number of rotatable bonds is 8. The van der Waals surface area contributed by atoms with Crippen LogP contribution in [0.5, 0.6) is 5.75 Å². The van der Waals surface area contributed by atoms with Crippen LogP contribution in [0.2, 0.25) is 0 Å². The van der Waals surface area contributed by atoms with Crippen LogP contribution in [0.4, 0.5) is 0 Å². The molecular formula is C19H30N2O4S. The maximum atomic E-state index is 12.7. The minimum atomic E-state index is -3.36. The van der Waals surface area contributed by atoms with Crippen LogP contribution in [0.1, 0.15) is 37.3 Å². The fraction of sp³-hybridized carbons (Fsp3) is 0.632. The average Bonchev–Trinajstić information content (AvgIpc) is 3.03. The topological polar surface area (TPSA) is 66.9 Å². The Morgan fingerprint density at radius 2 is 1.92 bits per heavy atom. The highest BCUT2D eigenvalue weighted by molar-refractivity contribution is 7.89. The molecule has 1 heterocycles. The van der Waals surface area contributed by atoms with Crippen LogP contribution in [0.25, 0.3) is 0 Å². The quantitative estimate of drug-likeness (QED) is 0.692. The highest BCUT2D eigenvalue weighted by Crippen LogP contribution is 2.23. The molecule has 1 fully saturated rings. The van der Waals surface area contributed by atoms with Gasteiger partial charge >= 0.3 is 0 Å². The summed E-state index contributed by atoms with van der Waals surface area (Å²) in [7, 11) is -1.65. The second kappa shape index (κ2) is 8.86. The number of hydrogen-bond donors (Lipinski definition) is 0. The van der Waals surface area contributed by atoms with Crippen molar-refractivity contribution in [2.24, 2.45) is 0 Å². The second-order valence-electron chi connectivity index (χ2n) is 7.02. The molecule has 1 atom stereocenters. The van der Waals surface area contributed by atoms with Crippen LogP contribution < -0.4 is 4.74 Å². The van der Waals surface area contributed by atoms with Gasteiger partial charge in [-0.15, -0.1) is 0 Å². The summed E-state index contributed by atoms with van der Waals surface area (Å²) in [5, 5.41) is 0. The first-order valence-electron chi connectivity index (χ1n) is 9.20. The fourth-order valence-electron chi connectivity index (χ4n) is 3.38. The van der Waals surface area contributed by atoms with Crippen LogP contribution in [-0.4, -0.2) is 62.1 Å². The molecule has 6 nitrogen and oxygen atoms in total. The third-order valence-electron chi connectivity index (χ3n) is 4.57. The van der Waals surface area contributed by atoms with Crippen molar-refractivity contribution in [1.82, 2.24) is 9.21 Å². The molecule has 0 N–H and O–H groups in total. The molecule has 146 valence electrons. The zero-order chi connectivity index (χ0) is 19.3. The Labute approximate surface area is 157 Å². The Balaban J connectivity index is 1.92. The Hall–Kier alpha value is -1.60. The summed E-state index contributed by atoms with van der Waals surface area (Å²) >= 11 is 0. The molecule has 1 aromatic rings. The molecule has 0 saturated carbocycles. The van der Waals surface area contributed by atoms with Gasteiger partial charge in [-0.05, 0) is 56.4 Å². The minimum absolute atomic E-state index is 0.0936. The van der Waals surface area contributed by atoms with Crippen molar-refractivity contribution in [2.75, 3.05) is 32.5 Å². The molecule has 0 spiro atoms. The van der Waals surface area contributed by atoms with E-state index in [1.165, 1.54) is 4.31 Å². The largest absolute Gasteiger partial charge is 0.492 e. The lowest BCUT2D eigenvalue weighted by atomic mass is 10.1.